The number of pyridine rings is 1. The highest BCUT2D eigenvalue weighted by molar-refractivity contribution is 7.99. The van der Waals surface area contributed by atoms with E-state index in [4.69, 9.17) is 0 Å². The molecule has 1 N–H and O–H groups in total. The fourth-order valence-corrected chi connectivity index (χ4v) is 2.25. The van der Waals surface area contributed by atoms with E-state index in [0.717, 1.165) is 28.8 Å². The third kappa shape index (κ3) is 4.90. The third-order valence-corrected chi connectivity index (χ3v) is 3.48. The molecule has 0 aliphatic heterocycles. The number of aromatic nitrogens is 3. The van der Waals surface area contributed by atoms with E-state index in [-0.39, 0.29) is 0 Å². The molecule has 0 unspecified atom stereocenters. The Bertz CT molecular complexity index is 523. The van der Waals surface area contributed by atoms with Gasteiger partial charge in [-0.2, -0.15) is 0 Å². The van der Waals surface area contributed by atoms with Crippen LogP contribution in [-0.2, 0) is 6.54 Å². The summed E-state index contributed by atoms with van der Waals surface area (Å²) >= 11 is 1.48. The van der Waals surface area contributed by atoms with E-state index >= 15 is 0 Å². The molecule has 20 heavy (non-hydrogen) atoms. The lowest BCUT2D eigenvalue weighted by molar-refractivity contribution is 0.551. The quantitative estimate of drug-likeness (QED) is 0.828. The molecule has 0 atom stereocenters. The molecule has 0 saturated heterocycles. The van der Waals surface area contributed by atoms with Crippen molar-refractivity contribution in [1.29, 1.82) is 0 Å². The van der Waals surface area contributed by atoms with Crippen LogP contribution in [0.15, 0.2) is 40.9 Å². The molecule has 0 bridgehead atoms. The van der Waals surface area contributed by atoms with E-state index in [1.54, 1.807) is 0 Å². The second kappa shape index (κ2) is 7.36. The average molecular weight is 288 g/mol. The molecule has 0 aliphatic carbocycles. The highest BCUT2D eigenvalue weighted by Crippen LogP contribution is 2.21. The zero-order valence-corrected chi connectivity index (χ0v) is 12.9. The summed E-state index contributed by atoms with van der Waals surface area (Å²) in [4.78, 5) is 13.0. The molecule has 0 spiro atoms. The number of nitrogens with zero attached hydrogens (tertiary/aromatic N) is 3. The normalized spacial score (nSPS) is 11.0. The van der Waals surface area contributed by atoms with Crippen LogP contribution in [0.25, 0.3) is 0 Å². The molecular weight excluding hydrogens is 268 g/mol. The van der Waals surface area contributed by atoms with Gasteiger partial charge in [0.15, 0.2) is 5.16 Å². The number of nitrogens with one attached hydrogen (secondary N) is 1. The van der Waals surface area contributed by atoms with Crippen LogP contribution in [0, 0.1) is 12.8 Å². The first kappa shape index (κ1) is 14.9. The van der Waals surface area contributed by atoms with Gasteiger partial charge >= 0.3 is 0 Å². The van der Waals surface area contributed by atoms with Crippen LogP contribution in [0.2, 0.25) is 0 Å². The first-order valence-corrected chi connectivity index (χ1v) is 7.57. The van der Waals surface area contributed by atoms with Gasteiger partial charge in [0.2, 0.25) is 0 Å². The smallest absolute Gasteiger partial charge is 0.193 e. The van der Waals surface area contributed by atoms with Gasteiger partial charge in [-0.15, -0.1) is 0 Å². The molecular formula is C15H20N4S. The Balaban J connectivity index is 1.89. The molecule has 0 amide bonds. The standard InChI is InChI=1S/C15H20N4S/c1-11(2)6-16-9-13-4-5-14(17-10-13)20-15-18-7-12(3)8-19-15/h4-5,7-8,10-11,16H,6,9H2,1-3H3. The molecule has 0 aromatic carbocycles. The Morgan fingerprint density at radius 1 is 1.10 bits per heavy atom. The van der Waals surface area contributed by atoms with Gasteiger partial charge in [0.25, 0.3) is 0 Å². The van der Waals surface area contributed by atoms with E-state index in [1.165, 1.54) is 17.3 Å². The minimum Gasteiger partial charge on any atom is -0.312 e. The van der Waals surface area contributed by atoms with Gasteiger partial charge in [-0.05, 0) is 48.3 Å². The van der Waals surface area contributed by atoms with Crippen LogP contribution in [-0.4, -0.2) is 21.5 Å². The summed E-state index contributed by atoms with van der Waals surface area (Å²) in [5.74, 6) is 0.663. The van der Waals surface area contributed by atoms with Crippen molar-refractivity contribution >= 4 is 11.8 Å². The molecule has 4 nitrogen and oxygen atoms in total. The van der Waals surface area contributed by atoms with Gasteiger partial charge < -0.3 is 5.32 Å². The molecule has 106 valence electrons. The molecule has 0 aliphatic rings. The Hall–Kier alpha value is -1.46. The van der Waals surface area contributed by atoms with Crippen molar-refractivity contribution in [1.82, 2.24) is 20.3 Å². The number of aryl methyl sites for hydroxylation is 1. The average Bonchev–Trinajstić information content (AvgIpc) is 2.43. The fraction of sp³-hybridized carbons (Fsp3) is 0.400. The van der Waals surface area contributed by atoms with Crippen molar-refractivity contribution in [2.45, 2.75) is 37.5 Å². The van der Waals surface area contributed by atoms with Crippen LogP contribution in [0.5, 0.6) is 0 Å². The lowest BCUT2D eigenvalue weighted by Crippen LogP contribution is -2.18. The van der Waals surface area contributed by atoms with Gasteiger partial charge in [-0.3, -0.25) is 0 Å². The predicted molar refractivity (Wildman–Crippen MR) is 81.7 cm³/mol. The topological polar surface area (TPSA) is 50.7 Å². The minimum atomic E-state index is 0.663. The molecule has 2 rings (SSSR count). The molecule has 5 heteroatoms. The maximum Gasteiger partial charge on any atom is 0.193 e. The van der Waals surface area contributed by atoms with Gasteiger partial charge in [0, 0.05) is 25.1 Å². The zero-order valence-electron chi connectivity index (χ0n) is 12.1. The lowest BCUT2D eigenvalue weighted by Gasteiger charge is -2.07. The lowest BCUT2D eigenvalue weighted by atomic mass is 10.2. The number of hydrogen-bond acceptors (Lipinski definition) is 5. The van der Waals surface area contributed by atoms with Crippen molar-refractivity contribution < 1.29 is 0 Å². The molecule has 2 aromatic rings. The van der Waals surface area contributed by atoms with Crippen molar-refractivity contribution in [3.05, 3.63) is 41.9 Å². The van der Waals surface area contributed by atoms with Crippen LogP contribution < -0.4 is 5.32 Å². The van der Waals surface area contributed by atoms with E-state index in [1.807, 2.05) is 31.6 Å². The van der Waals surface area contributed by atoms with Crippen molar-refractivity contribution in [2.24, 2.45) is 5.92 Å². The summed E-state index contributed by atoms with van der Waals surface area (Å²) in [7, 11) is 0. The van der Waals surface area contributed by atoms with Crippen LogP contribution in [0.1, 0.15) is 25.0 Å². The Kier molecular flexibility index (Phi) is 5.49. The van der Waals surface area contributed by atoms with E-state index < -0.39 is 0 Å². The Morgan fingerprint density at radius 2 is 1.85 bits per heavy atom. The Labute approximate surface area is 124 Å². The summed E-state index contributed by atoms with van der Waals surface area (Å²) in [5, 5.41) is 5.05. The first-order chi connectivity index (χ1) is 9.63. The second-order valence-electron chi connectivity index (χ2n) is 5.17. The number of rotatable bonds is 6. The van der Waals surface area contributed by atoms with Crippen LogP contribution in [0.4, 0.5) is 0 Å². The van der Waals surface area contributed by atoms with E-state index in [9.17, 15) is 0 Å². The van der Waals surface area contributed by atoms with Crippen molar-refractivity contribution in [2.75, 3.05) is 6.54 Å². The summed E-state index contributed by atoms with van der Waals surface area (Å²) in [6.07, 6.45) is 5.54. The Morgan fingerprint density at radius 3 is 2.45 bits per heavy atom. The van der Waals surface area contributed by atoms with E-state index in [2.05, 4.69) is 40.2 Å². The molecule has 2 heterocycles. The van der Waals surface area contributed by atoms with Crippen molar-refractivity contribution in [3.63, 3.8) is 0 Å². The number of hydrogen-bond donors (Lipinski definition) is 1. The summed E-state index contributed by atoms with van der Waals surface area (Å²) in [6, 6.07) is 4.11. The summed E-state index contributed by atoms with van der Waals surface area (Å²) in [6.45, 7) is 8.26. The highest BCUT2D eigenvalue weighted by Gasteiger charge is 2.02. The minimum absolute atomic E-state index is 0.663. The maximum absolute atomic E-state index is 4.44. The fourth-order valence-electron chi connectivity index (χ4n) is 1.61. The molecule has 2 aromatic heterocycles. The summed E-state index contributed by atoms with van der Waals surface area (Å²) in [5.41, 5.74) is 2.26. The SMILES string of the molecule is Cc1cnc(Sc2ccc(CNCC(C)C)cn2)nc1. The van der Waals surface area contributed by atoms with Gasteiger partial charge in [0.1, 0.15) is 5.03 Å². The second-order valence-corrected chi connectivity index (χ2v) is 6.16. The third-order valence-electron chi connectivity index (χ3n) is 2.63. The van der Waals surface area contributed by atoms with Crippen LogP contribution in [0.3, 0.4) is 0 Å². The monoisotopic (exact) mass is 288 g/mol. The summed E-state index contributed by atoms with van der Waals surface area (Å²) < 4.78 is 0. The van der Waals surface area contributed by atoms with Crippen LogP contribution >= 0.6 is 11.8 Å². The first-order valence-electron chi connectivity index (χ1n) is 6.75. The molecule has 0 fully saturated rings. The van der Waals surface area contributed by atoms with Gasteiger partial charge in [-0.1, -0.05) is 19.9 Å². The molecule has 0 radical (unpaired) electrons. The molecule has 0 saturated carbocycles. The predicted octanol–water partition coefficient (Wildman–Crippen LogP) is 3.08. The zero-order chi connectivity index (χ0) is 14.4. The maximum atomic E-state index is 4.44. The van der Waals surface area contributed by atoms with Crippen molar-refractivity contribution in [3.8, 4) is 0 Å². The largest absolute Gasteiger partial charge is 0.312 e. The van der Waals surface area contributed by atoms with Gasteiger partial charge in [-0.25, -0.2) is 15.0 Å². The van der Waals surface area contributed by atoms with Gasteiger partial charge in [0.05, 0.1) is 0 Å². The highest BCUT2D eigenvalue weighted by atomic mass is 32.2. The van der Waals surface area contributed by atoms with E-state index in [0.29, 0.717) is 5.92 Å².